The largest absolute Gasteiger partial charge is 0.457 e. The minimum Gasteiger partial charge on any atom is -0.457 e. The summed E-state index contributed by atoms with van der Waals surface area (Å²) in [5.41, 5.74) is 2.84. The lowest BCUT2D eigenvalue weighted by Gasteiger charge is -2.35. The van der Waals surface area contributed by atoms with E-state index in [4.69, 9.17) is 9.47 Å². The van der Waals surface area contributed by atoms with E-state index in [0.717, 1.165) is 21.3 Å². The number of benzene rings is 1. The van der Waals surface area contributed by atoms with Gasteiger partial charge in [-0.3, -0.25) is 4.79 Å². The summed E-state index contributed by atoms with van der Waals surface area (Å²) in [7, 11) is 1.59. The summed E-state index contributed by atoms with van der Waals surface area (Å²) in [5.74, 6) is -0.511. The van der Waals surface area contributed by atoms with Gasteiger partial charge in [0.05, 0.1) is 24.3 Å². The minimum atomic E-state index is -0.404. The predicted molar refractivity (Wildman–Crippen MR) is 130 cm³/mol. The van der Waals surface area contributed by atoms with Gasteiger partial charge in [0.2, 0.25) is 5.91 Å². The Morgan fingerprint density at radius 1 is 1.18 bits per heavy atom. The van der Waals surface area contributed by atoms with Crippen LogP contribution in [0.2, 0.25) is 0 Å². The number of thioether (sulfide) groups is 1. The van der Waals surface area contributed by atoms with Crippen LogP contribution in [0.5, 0.6) is 0 Å². The highest BCUT2D eigenvalue weighted by Gasteiger charge is 2.41. The minimum absolute atomic E-state index is 0.107. The second-order valence-corrected chi connectivity index (χ2v) is 9.31. The summed E-state index contributed by atoms with van der Waals surface area (Å²) in [4.78, 5) is 33.4. The van der Waals surface area contributed by atoms with E-state index in [1.165, 1.54) is 11.8 Å². The zero-order valence-corrected chi connectivity index (χ0v) is 20.1. The van der Waals surface area contributed by atoms with E-state index >= 15 is 0 Å². The average molecular weight is 484 g/mol. The van der Waals surface area contributed by atoms with E-state index in [9.17, 15) is 9.59 Å². The molecule has 9 heteroatoms. The first kappa shape index (κ1) is 23.3. The van der Waals surface area contributed by atoms with E-state index in [-0.39, 0.29) is 18.9 Å². The molecule has 3 heterocycles. The molecule has 1 aromatic heterocycles. The quantitative estimate of drug-likeness (QED) is 0.425. The molecule has 2 aliphatic heterocycles. The number of ether oxygens (including phenoxy) is 2. The van der Waals surface area contributed by atoms with Crippen LogP contribution in [-0.4, -0.2) is 42.2 Å². The van der Waals surface area contributed by atoms with Gasteiger partial charge < -0.3 is 19.7 Å². The van der Waals surface area contributed by atoms with E-state index in [2.05, 4.69) is 10.3 Å². The summed E-state index contributed by atoms with van der Waals surface area (Å²) >= 11 is 3.02. The molecule has 0 aliphatic carbocycles. The van der Waals surface area contributed by atoms with Gasteiger partial charge in [0.1, 0.15) is 12.6 Å². The highest BCUT2D eigenvalue weighted by atomic mass is 32.2. The van der Waals surface area contributed by atoms with Crippen LogP contribution in [0.4, 0.5) is 0 Å². The number of rotatable bonds is 9. The fourth-order valence-electron chi connectivity index (χ4n) is 3.67. The van der Waals surface area contributed by atoms with E-state index in [1.807, 2.05) is 65.1 Å². The van der Waals surface area contributed by atoms with Gasteiger partial charge in [0.25, 0.3) is 0 Å². The second-order valence-electron chi connectivity index (χ2n) is 7.49. The first-order valence-electron chi connectivity index (χ1n) is 10.5. The lowest BCUT2D eigenvalue weighted by Crippen LogP contribution is -2.38. The highest BCUT2D eigenvalue weighted by molar-refractivity contribution is 8.16. The molecular formula is C24H25N3O4S2. The van der Waals surface area contributed by atoms with Gasteiger partial charge in [-0.1, -0.05) is 48.2 Å². The summed E-state index contributed by atoms with van der Waals surface area (Å²) in [6, 6.07) is 13.1. The summed E-state index contributed by atoms with van der Waals surface area (Å²) in [6.07, 6.45) is 0.184. The second kappa shape index (κ2) is 10.8. The fourth-order valence-corrected chi connectivity index (χ4v) is 5.45. The van der Waals surface area contributed by atoms with Gasteiger partial charge in [0, 0.05) is 24.2 Å². The van der Waals surface area contributed by atoms with Crippen molar-refractivity contribution in [3.63, 3.8) is 0 Å². The van der Waals surface area contributed by atoms with Crippen molar-refractivity contribution < 1.29 is 19.1 Å². The molecule has 0 bridgehead atoms. The first-order valence-corrected chi connectivity index (χ1v) is 12.3. The molecule has 1 atom stereocenters. The maximum atomic E-state index is 13.3. The Labute approximate surface area is 201 Å². The first-order chi connectivity index (χ1) is 16.1. The Hall–Kier alpha value is -2.88. The third-order valence-electron chi connectivity index (χ3n) is 5.22. The van der Waals surface area contributed by atoms with Gasteiger partial charge in [-0.2, -0.15) is 0 Å². The molecular weight excluding hydrogens is 458 g/mol. The number of nitrogens with one attached hydrogen (secondary N) is 1. The predicted octanol–water partition coefficient (Wildman–Crippen LogP) is 4.22. The number of methoxy groups -OCH3 is 1. The van der Waals surface area contributed by atoms with Gasteiger partial charge in [-0.25, -0.2) is 9.79 Å². The number of carbonyl (C=O) groups excluding carboxylic acids is 2. The Balaban J connectivity index is 1.58. The van der Waals surface area contributed by atoms with Crippen LogP contribution in [0.15, 0.2) is 75.2 Å². The smallest absolute Gasteiger partial charge is 0.338 e. The number of amides is 1. The molecule has 2 aromatic rings. The summed E-state index contributed by atoms with van der Waals surface area (Å²) < 4.78 is 10.7. The van der Waals surface area contributed by atoms with Crippen molar-refractivity contribution in [1.82, 2.24) is 10.2 Å². The Bertz CT molecular complexity index is 1090. The van der Waals surface area contributed by atoms with E-state index < -0.39 is 12.0 Å². The molecule has 0 unspecified atom stereocenters. The van der Waals surface area contributed by atoms with Crippen LogP contribution in [-0.2, 0) is 25.7 Å². The van der Waals surface area contributed by atoms with Crippen molar-refractivity contribution in [1.29, 1.82) is 0 Å². The van der Waals surface area contributed by atoms with Crippen LogP contribution in [0.3, 0.4) is 0 Å². The van der Waals surface area contributed by atoms with E-state index in [0.29, 0.717) is 24.4 Å². The van der Waals surface area contributed by atoms with Crippen molar-refractivity contribution in [2.24, 2.45) is 4.99 Å². The number of allylic oxidation sites excluding steroid dienone is 1. The number of nitrogens with zero attached hydrogens (tertiary/aromatic N) is 2. The van der Waals surface area contributed by atoms with Crippen molar-refractivity contribution >= 4 is 40.1 Å². The number of aliphatic imine (C=N–C) groups is 1. The molecule has 0 radical (unpaired) electrons. The Morgan fingerprint density at radius 2 is 2.00 bits per heavy atom. The number of hydrogen-bond acceptors (Lipinski definition) is 8. The SMILES string of the molecule is COCCNC(=O)CC1=CSC2=NC(C)=C(C(=O)OCc3ccccc3)[C@H](c3cccs3)N12. The van der Waals surface area contributed by atoms with Crippen LogP contribution in [0, 0.1) is 0 Å². The van der Waals surface area contributed by atoms with Crippen molar-refractivity contribution in [2.75, 3.05) is 20.3 Å². The number of amidine groups is 1. The van der Waals surface area contributed by atoms with Gasteiger partial charge in [-0.15, -0.1) is 11.3 Å². The summed E-state index contributed by atoms with van der Waals surface area (Å²) in [5, 5.41) is 7.52. The van der Waals surface area contributed by atoms with Crippen molar-refractivity contribution in [3.8, 4) is 0 Å². The molecule has 1 aromatic carbocycles. The number of esters is 1. The molecule has 0 saturated carbocycles. The molecule has 1 amide bonds. The molecule has 2 aliphatic rings. The normalized spacial score (nSPS) is 17.4. The monoisotopic (exact) mass is 483 g/mol. The lowest BCUT2D eigenvalue weighted by atomic mass is 9.99. The lowest BCUT2D eigenvalue weighted by molar-refractivity contribution is -0.141. The molecule has 0 fully saturated rings. The Kier molecular flexibility index (Phi) is 7.64. The maximum absolute atomic E-state index is 13.3. The van der Waals surface area contributed by atoms with Crippen LogP contribution in [0.25, 0.3) is 0 Å². The third kappa shape index (κ3) is 5.38. The molecule has 7 nitrogen and oxygen atoms in total. The standard InChI is InChI=1S/C24H25N3O4S2/c1-16-21(23(29)31-14-17-7-4-3-5-8-17)22(19-9-6-12-32-19)27-18(15-33-24(27)26-16)13-20(28)25-10-11-30-2/h3-9,12,15,22H,10-11,13-14H2,1-2H3,(H,25,28)/t22-/m0/s1. The molecule has 0 saturated heterocycles. The topological polar surface area (TPSA) is 80.2 Å². The van der Waals surface area contributed by atoms with Crippen molar-refractivity contribution in [3.05, 3.63) is 80.7 Å². The number of fused-ring (bicyclic) bond motifs is 1. The third-order valence-corrected chi connectivity index (χ3v) is 7.03. The molecule has 1 N–H and O–H groups in total. The van der Waals surface area contributed by atoms with Gasteiger partial charge in [0.15, 0.2) is 5.17 Å². The zero-order chi connectivity index (χ0) is 23.2. The molecule has 4 rings (SSSR count). The molecule has 172 valence electrons. The highest BCUT2D eigenvalue weighted by Crippen LogP contribution is 2.45. The number of hydrogen-bond donors (Lipinski definition) is 1. The average Bonchev–Trinajstić information content (AvgIpc) is 3.48. The number of thiophene rings is 1. The molecule has 0 spiro atoms. The van der Waals surface area contributed by atoms with Crippen LogP contribution in [0.1, 0.15) is 29.8 Å². The maximum Gasteiger partial charge on any atom is 0.338 e. The van der Waals surface area contributed by atoms with Crippen LogP contribution >= 0.6 is 23.1 Å². The van der Waals surface area contributed by atoms with E-state index in [1.54, 1.807) is 18.4 Å². The van der Waals surface area contributed by atoms with Gasteiger partial charge >= 0.3 is 5.97 Å². The Morgan fingerprint density at radius 3 is 2.73 bits per heavy atom. The van der Waals surface area contributed by atoms with Crippen LogP contribution < -0.4 is 5.32 Å². The van der Waals surface area contributed by atoms with Crippen molar-refractivity contribution in [2.45, 2.75) is 26.0 Å². The summed E-state index contributed by atoms with van der Waals surface area (Å²) in [6.45, 7) is 2.91. The fraction of sp³-hybridized carbons (Fsp3) is 0.292. The molecule has 33 heavy (non-hydrogen) atoms. The number of carbonyl (C=O) groups is 2. The zero-order valence-electron chi connectivity index (χ0n) is 18.4. The van der Waals surface area contributed by atoms with Gasteiger partial charge in [-0.05, 0) is 29.3 Å².